The van der Waals surface area contributed by atoms with Crippen molar-refractivity contribution in [3.63, 3.8) is 0 Å². The van der Waals surface area contributed by atoms with Crippen molar-refractivity contribution in [2.24, 2.45) is 5.92 Å². The molecule has 1 heterocycles. The van der Waals surface area contributed by atoms with Gasteiger partial charge in [-0.1, -0.05) is 13.3 Å². The Morgan fingerprint density at radius 3 is 2.81 bits per heavy atom. The van der Waals surface area contributed by atoms with Crippen LogP contribution >= 0.6 is 0 Å². The Balaban J connectivity index is 1.99. The molecule has 1 aliphatic carbocycles. The maximum absolute atomic E-state index is 13.6. The summed E-state index contributed by atoms with van der Waals surface area (Å²) < 4.78 is 13.6. The summed E-state index contributed by atoms with van der Waals surface area (Å²) in [6, 6.07) is 0.182. The average Bonchev–Trinajstić information content (AvgIpc) is 2.28. The third-order valence-electron chi connectivity index (χ3n) is 4.10. The number of alkyl halides is 1. The summed E-state index contributed by atoms with van der Waals surface area (Å²) in [6.07, 6.45) is 5.41. The molecule has 3 heteroatoms. The molecule has 0 aromatic carbocycles. The summed E-state index contributed by atoms with van der Waals surface area (Å²) >= 11 is 0. The predicted molar refractivity (Wildman–Crippen MR) is 61.9 cm³/mol. The van der Waals surface area contributed by atoms with E-state index in [9.17, 15) is 9.18 Å². The number of hydrogen-bond acceptors (Lipinski definition) is 1. The molecular formula is C13H22FNO. The minimum Gasteiger partial charge on any atom is -0.340 e. The fourth-order valence-corrected chi connectivity index (χ4v) is 3.13. The van der Waals surface area contributed by atoms with Crippen molar-refractivity contribution in [3.05, 3.63) is 0 Å². The van der Waals surface area contributed by atoms with E-state index in [0.29, 0.717) is 25.2 Å². The van der Waals surface area contributed by atoms with Gasteiger partial charge in [-0.05, 0) is 38.0 Å². The molecule has 0 bridgehead atoms. The van der Waals surface area contributed by atoms with E-state index in [4.69, 9.17) is 0 Å². The molecule has 2 aliphatic rings. The Bertz CT molecular complexity index is 256. The van der Waals surface area contributed by atoms with Gasteiger partial charge < -0.3 is 4.90 Å². The highest BCUT2D eigenvalue weighted by Gasteiger charge is 2.34. The standard InChI is InChI=1S/C13H22FNO/c1-2-10-7-11(14)9-12(8-10)15-6-4-3-5-13(15)16/h10-12H,2-9H2,1H3/t10?,11-,12-/m1/s1. The van der Waals surface area contributed by atoms with Crippen LogP contribution in [0.5, 0.6) is 0 Å². The van der Waals surface area contributed by atoms with E-state index in [0.717, 1.165) is 32.2 Å². The van der Waals surface area contributed by atoms with Crippen LogP contribution in [0.15, 0.2) is 0 Å². The Labute approximate surface area is 97.2 Å². The Kier molecular flexibility index (Phi) is 3.82. The van der Waals surface area contributed by atoms with Crippen molar-refractivity contribution in [2.45, 2.75) is 64.1 Å². The highest BCUT2D eigenvalue weighted by atomic mass is 19.1. The number of carbonyl (C=O) groups is 1. The zero-order valence-electron chi connectivity index (χ0n) is 10.1. The van der Waals surface area contributed by atoms with Gasteiger partial charge in [0, 0.05) is 19.0 Å². The van der Waals surface area contributed by atoms with Crippen LogP contribution in [0.25, 0.3) is 0 Å². The monoisotopic (exact) mass is 227 g/mol. The number of halogens is 1. The summed E-state index contributed by atoms with van der Waals surface area (Å²) in [5.74, 6) is 0.726. The van der Waals surface area contributed by atoms with E-state index in [1.807, 2.05) is 4.90 Å². The van der Waals surface area contributed by atoms with Crippen molar-refractivity contribution in [1.29, 1.82) is 0 Å². The average molecular weight is 227 g/mol. The first kappa shape index (κ1) is 11.9. The minimum atomic E-state index is -0.696. The summed E-state index contributed by atoms with van der Waals surface area (Å²) in [4.78, 5) is 13.8. The van der Waals surface area contributed by atoms with E-state index in [1.165, 1.54) is 0 Å². The maximum Gasteiger partial charge on any atom is 0.222 e. The van der Waals surface area contributed by atoms with Gasteiger partial charge in [-0.25, -0.2) is 4.39 Å². The topological polar surface area (TPSA) is 20.3 Å². The Hall–Kier alpha value is -0.600. The number of rotatable bonds is 2. The number of carbonyl (C=O) groups excluding carboxylic acids is 1. The third-order valence-corrected chi connectivity index (χ3v) is 4.10. The van der Waals surface area contributed by atoms with E-state index >= 15 is 0 Å². The third kappa shape index (κ3) is 2.55. The molecule has 1 saturated carbocycles. The second-order valence-corrected chi connectivity index (χ2v) is 5.28. The maximum atomic E-state index is 13.6. The largest absolute Gasteiger partial charge is 0.340 e. The number of piperidine rings is 1. The van der Waals surface area contributed by atoms with Gasteiger partial charge in [0.2, 0.25) is 5.91 Å². The van der Waals surface area contributed by atoms with Crippen molar-refractivity contribution in [2.75, 3.05) is 6.54 Å². The summed E-state index contributed by atoms with van der Waals surface area (Å²) in [5, 5.41) is 0. The highest BCUT2D eigenvalue weighted by Crippen LogP contribution is 2.33. The zero-order chi connectivity index (χ0) is 11.5. The molecule has 1 amide bonds. The summed E-state index contributed by atoms with van der Waals surface area (Å²) in [6.45, 7) is 2.98. The van der Waals surface area contributed by atoms with Crippen molar-refractivity contribution >= 4 is 5.91 Å². The smallest absolute Gasteiger partial charge is 0.222 e. The second-order valence-electron chi connectivity index (χ2n) is 5.28. The quantitative estimate of drug-likeness (QED) is 0.710. The van der Waals surface area contributed by atoms with Gasteiger partial charge in [0.05, 0.1) is 0 Å². The van der Waals surface area contributed by atoms with Gasteiger partial charge in [-0.2, -0.15) is 0 Å². The van der Waals surface area contributed by atoms with Gasteiger partial charge in [-0.15, -0.1) is 0 Å². The first-order valence-corrected chi connectivity index (χ1v) is 6.64. The lowest BCUT2D eigenvalue weighted by Crippen LogP contribution is -2.47. The van der Waals surface area contributed by atoms with Crippen molar-refractivity contribution in [3.8, 4) is 0 Å². The number of amides is 1. The predicted octanol–water partition coefficient (Wildman–Crippen LogP) is 2.92. The summed E-state index contributed by atoms with van der Waals surface area (Å²) in [7, 11) is 0. The van der Waals surface area contributed by atoms with Crippen LogP contribution in [-0.2, 0) is 4.79 Å². The van der Waals surface area contributed by atoms with E-state index in [2.05, 4.69) is 6.92 Å². The van der Waals surface area contributed by atoms with Gasteiger partial charge in [0.15, 0.2) is 0 Å². The lowest BCUT2D eigenvalue weighted by Gasteiger charge is -2.40. The van der Waals surface area contributed by atoms with E-state index in [-0.39, 0.29) is 11.9 Å². The molecule has 1 aliphatic heterocycles. The van der Waals surface area contributed by atoms with Crippen molar-refractivity contribution in [1.82, 2.24) is 4.90 Å². The molecule has 2 nitrogen and oxygen atoms in total. The van der Waals surface area contributed by atoms with Crippen LogP contribution in [0, 0.1) is 5.92 Å². The van der Waals surface area contributed by atoms with E-state index in [1.54, 1.807) is 0 Å². The van der Waals surface area contributed by atoms with Crippen LogP contribution in [0.1, 0.15) is 51.9 Å². The van der Waals surface area contributed by atoms with Crippen molar-refractivity contribution < 1.29 is 9.18 Å². The van der Waals surface area contributed by atoms with Crippen LogP contribution in [-0.4, -0.2) is 29.6 Å². The van der Waals surface area contributed by atoms with Crippen LogP contribution in [0.2, 0.25) is 0 Å². The van der Waals surface area contributed by atoms with Crippen LogP contribution < -0.4 is 0 Å². The van der Waals surface area contributed by atoms with Crippen LogP contribution in [0.4, 0.5) is 4.39 Å². The minimum absolute atomic E-state index is 0.182. The number of nitrogens with zero attached hydrogens (tertiary/aromatic N) is 1. The Morgan fingerprint density at radius 1 is 1.31 bits per heavy atom. The number of likely N-dealkylation sites (tertiary alicyclic amines) is 1. The van der Waals surface area contributed by atoms with Gasteiger partial charge in [0.1, 0.15) is 6.17 Å². The van der Waals surface area contributed by atoms with Gasteiger partial charge >= 0.3 is 0 Å². The molecule has 0 spiro atoms. The molecule has 2 fully saturated rings. The molecule has 3 atom stereocenters. The van der Waals surface area contributed by atoms with Crippen LogP contribution in [0.3, 0.4) is 0 Å². The summed E-state index contributed by atoms with van der Waals surface area (Å²) in [5.41, 5.74) is 0. The first-order valence-electron chi connectivity index (χ1n) is 6.64. The molecule has 16 heavy (non-hydrogen) atoms. The van der Waals surface area contributed by atoms with Gasteiger partial charge in [0.25, 0.3) is 0 Å². The lowest BCUT2D eigenvalue weighted by atomic mass is 9.82. The molecule has 1 saturated heterocycles. The Morgan fingerprint density at radius 2 is 2.12 bits per heavy atom. The molecule has 0 aromatic rings. The molecule has 0 radical (unpaired) electrons. The molecule has 0 aromatic heterocycles. The highest BCUT2D eigenvalue weighted by molar-refractivity contribution is 5.77. The number of hydrogen-bond donors (Lipinski definition) is 0. The molecular weight excluding hydrogens is 205 g/mol. The molecule has 2 rings (SSSR count). The first-order chi connectivity index (χ1) is 7.70. The fourth-order valence-electron chi connectivity index (χ4n) is 3.13. The van der Waals surface area contributed by atoms with E-state index < -0.39 is 6.17 Å². The van der Waals surface area contributed by atoms with Gasteiger partial charge in [-0.3, -0.25) is 4.79 Å². The molecule has 0 N–H and O–H groups in total. The molecule has 1 unspecified atom stereocenters. The lowest BCUT2D eigenvalue weighted by molar-refractivity contribution is -0.137. The SMILES string of the molecule is CCC1C[C@@H](F)C[C@H](N2CCCCC2=O)C1. The zero-order valence-corrected chi connectivity index (χ0v) is 10.1. The molecule has 92 valence electrons. The fraction of sp³-hybridized carbons (Fsp3) is 0.923. The second kappa shape index (κ2) is 5.15. The normalized spacial score (nSPS) is 36.5.